The van der Waals surface area contributed by atoms with Crippen molar-refractivity contribution in [2.24, 2.45) is 0 Å². The van der Waals surface area contributed by atoms with E-state index in [9.17, 15) is 9.59 Å². The molecule has 0 amide bonds. The summed E-state index contributed by atoms with van der Waals surface area (Å²) in [6.07, 6.45) is 5.63. The van der Waals surface area contributed by atoms with Crippen LogP contribution in [0.1, 0.15) is 10.6 Å². The van der Waals surface area contributed by atoms with Crippen molar-refractivity contribution in [1.29, 1.82) is 0 Å². The van der Waals surface area contributed by atoms with Crippen molar-refractivity contribution in [3.8, 4) is 0 Å². The molecule has 0 saturated carbocycles. The number of rotatable bonds is 8. The van der Waals surface area contributed by atoms with Gasteiger partial charge < -0.3 is 0 Å². The Morgan fingerprint density at radius 2 is 1.90 bits per heavy atom. The van der Waals surface area contributed by atoms with Crippen molar-refractivity contribution in [2.45, 2.75) is 24.5 Å². The average molecular weight is 424 g/mol. The Morgan fingerprint density at radius 1 is 1.07 bits per heavy atom. The van der Waals surface area contributed by atoms with Gasteiger partial charge in [-0.15, -0.1) is 11.3 Å². The van der Waals surface area contributed by atoms with Crippen molar-refractivity contribution in [1.82, 2.24) is 24.5 Å². The molecule has 0 saturated heterocycles. The van der Waals surface area contributed by atoms with Gasteiger partial charge >= 0.3 is 0 Å². The maximum atomic E-state index is 13.0. The first-order valence-electron chi connectivity index (χ1n) is 8.99. The van der Waals surface area contributed by atoms with E-state index >= 15 is 0 Å². The Hall–Kier alpha value is -2.91. The zero-order valence-corrected chi connectivity index (χ0v) is 17.0. The third-order valence-electron chi connectivity index (χ3n) is 4.22. The number of aryl methyl sites for hydroxylation is 1. The summed E-state index contributed by atoms with van der Waals surface area (Å²) in [4.78, 5) is 42.3. The van der Waals surface area contributed by atoms with Crippen LogP contribution >= 0.6 is 23.1 Å². The second kappa shape index (κ2) is 9.06. The fourth-order valence-electron chi connectivity index (χ4n) is 2.83. The number of thioether (sulfide) groups is 1. The number of carbonyl (C=O) groups excluding carboxylic acids is 1. The van der Waals surface area contributed by atoms with Crippen molar-refractivity contribution in [2.75, 3.05) is 5.75 Å². The van der Waals surface area contributed by atoms with E-state index in [1.165, 1.54) is 35.5 Å². The number of carbonyl (C=O) groups is 1. The minimum atomic E-state index is -0.242. The molecule has 1 aromatic carbocycles. The molecular weight excluding hydrogens is 406 g/mol. The number of aromatic nitrogens is 5. The number of benzene rings is 1. The average Bonchev–Trinajstić information content (AvgIpc) is 3.25. The Morgan fingerprint density at radius 3 is 2.69 bits per heavy atom. The topological polar surface area (TPSA) is 90.6 Å². The number of ketones is 1. The molecule has 146 valence electrons. The predicted octanol–water partition coefficient (Wildman–Crippen LogP) is 2.79. The summed E-state index contributed by atoms with van der Waals surface area (Å²) in [5.74, 6) is 0.247. The summed E-state index contributed by atoms with van der Waals surface area (Å²) in [6, 6.07) is 9.93. The molecule has 29 heavy (non-hydrogen) atoms. The van der Waals surface area contributed by atoms with E-state index < -0.39 is 0 Å². The van der Waals surface area contributed by atoms with Crippen LogP contribution in [0.2, 0.25) is 0 Å². The van der Waals surface area contributed by atoms with Gasteiger partial charge in [-0.2, -0.15) is 0 Å². The Kier molecular flexibility index (Phi) is 6.06. The van der Waals surface area contributed by atoms with Crippen LogP contribution in [0.25, 0.3) is 11.2 Å². The molecular formula is C20H17N5O2S2. The van der Waals surface area contributed by atoms with Crippen LogP contribution in [0, 0.1) is 0 Å². The largest absolute Gasteiger partial charge is 0.298 e. The summed E-state index contributed by atoms with van der Waals surface area (Å²) in [6.45, 7) is 0.450. The first-order chi connectivity index (χ1) is 14.2. The summed E-state index contributed by atoms with van der Waals surface area (Å²) >= 11 is 2.71. The van der Waals surface area contributed by atoms with Gasteiger partial charge in [-0.1, -0.05) is 42.1 Å². The molecule has 0 radical (unpaired) electrons. The SMILES string of the molecule is O=C(CSc1nc2nccnc2c(=O)n1CCc1ccccc1)Cc1nccs1. The van der Waals surface area contributed by atoms with Gasteiger partial charge in [0.2, 0.25) is 0 Å². The first-order valence-corrected chi connectivity index (χ1v) is 10.9. The second-order valence-corrected chi connectivity index (χ2v) is 8.17. The van der Waals surface area contributed by atoms with Crippen LogP contribution in [-0.2, 0) is 24.2 Å². The molecule has 0 unspecified atom stereocenters. The summed E-state index contributed by atoms with van der Waals surface area (Å²) < 4.78 is 1.59. The fourth-order valence-corrected chi connectivity index (χ4v) is 4.35. The lowest BCUT2D eigenvalue weighted by molar-refractivity contribution is -0.116. The van der Waals surface area contributed by atoms with Crippen LogP contribution < -0.4 is 5.56 Å². The number of Topliss-reactive ketones (excluding diaryl/α,β-unsaturated/α-hetero) is 1. The van der Waals surface area contributed by atoms with Crippen molar-refractivity contribution < 1.29 is 4.79 Å². The summed E-state index contributed by atoms with van der Waals surface area (Å²) in [5, 5.41) is 3.11. The third kappa shape index (κ3) is 4.75. The standard InChI is InChI=1S/C20H17N5O2S2/c26-15(12-16-21-9-11-28-16)13-29-20-24-18-17(22-7-8-23-18)19(27)25(20)10-6-14-4-2-1-3-5-14/h1-5,7-9,11H,6,10,12-13H2. The fraction of sp³-hybridized carbons (Fsp3) is 0.200. The van der Waals surface area contributed by atoms with E-state index in [1.54, 1.807) is 10.8 Å². The Balaban J connectivity index is 1.58. The highest BCUT2D eigenvalue weighted by Gasteiger charge is 2.15. The minimum absolute atomic E-state index is 0.0352. The number of thiazole rings is 1. The van der Waals surface area contributed by atoms with Crippen molar-refractivity contribution in [3.05, 3.63) is 75.2 Å². The molecule has 0 bridgehead atoms. The minimum Gasteiger partial charge on any atom is -0.298 e. The highest BCUT2D eigenvalue weighted by molar-refractivity contribution is 7.99. The van der Waals surface area contributed by atoms with Gasteiger partial charge in [-0.05, 0) is 12.0 Å². The molecule has 0 atom stereocenters. The summed E-state index contributed by atoms with van der Waals surface area (Å²) in [5.41, 5.74) is 1.41. The molecule has 3 aromatic heterocycles. The number of hydrogen-bond acceptors (Lipinski definition) is 8. The molecule has 4 rings (SSSR count). The Labute approximate surface area is 174 Å². The van der Waals surface area contributed by atoms with Gasteiger partial charge in [0.25, 0.3) is 5.56 Å². The molecule has 0 aliphatic rings. The molecule has 0 spiro atoms. The molecule has 4 aromatic rings. The smallest absolute Gasteiger partial charge is 0.282 e. The molecule has 7 nitrogen and oxygen atoms in total. The van der Waals surface area contributed by atoms with E-state index in [0.717, 1.165) is 10.6 Å². The Bertz CT molecular complexity index is 1180. The lowest BCUT2D eigenvalue weighted by Crippen LogP contribution is -2.25. The second-order valence-electron chi connectivity index (χ2n) is 6.25. The molecule has 9 heteroatoms. The quantitative estimate of drug-likeness (QED) is 0.318. The van der Waals surface area contributed by atoms with E-state index in [0.29, 0.717) is 23.8 Å². The number of fused-ring (bicyclic) bond motifs is 1. The van der Waals surface area contributed by atoms with E-state index in [4.69, 9.17) is 0 Å². The normalized spacial score (nSPS) is 11.0. The third-order valence-corrected chi connectivity index (χ3v) is 6.04. The highest BCUT2D eigenvalue weighted by atomic mass is 32.2. The molecule has 0 fully saturated rings. The maximum Gasteiger partial charge on any atom is 0.282 e. The highest BCUT2D eigenvalue weighted by Crippen LogP contribution is 2.18. The van der Waals surface area contributed by atoms with Crippen molar-refractivity contribution in [3.63, 3.8) is 0 Å². The van der Waals surface area contributed by atoms with Gasteiger partial charge in [-0.3, -0.25) is 14.2 Å². The monoisotopic (exact) mass is 423 g/mol. The van der Waals surface area contributed by atoms with Gasteiger partial charge in [0.1, 0.15) is 5.78 Å². The maximum absolute atomic E-state index is 13.0. The van der Waals surface area contributed by atoms with Gasteiger partial charge in [0.15, 0.2) is 16.3 Å². The molecule has 3 heterocycles. The zero-order chi connectivity index (χ0) is 20.1. The van der Waals surface area contributed by atoms with Gasteiger partial charge in [0.05, 0.1) is 17.2 Å². The molecule has 0 aliphatic heterocycles. The van der Waals surface area contributed by atoms with Gasteiger partial charge in [-0.25, -0.2) is 19.9 Å². The summed E-state index contributed by atoms with van der Waals surface area (Å²) in [7, 11) is 0. The van der Waals surface area contributed by atoms with E-state index in [-0.39, 0.29) is 29.0 Å². The van der Waals surface area contributed by atoms with Crippen molar-refractivity contribution >= 4 is 40.0 Å². The number of nitrogens with zero attached hydrogens (tertiary/aromatic N) is 5. The van der Waals surface area contributed by atoms with Crippen LogP contribution in [0.5, 0.6) is 0 Å². The lowest BCUT2D eigenvalue weighted by Gasteiger charge is -2.12. The number of hydrogen-bond donors (Lipinski definition) is 0. The first kappa shape index (κ1) is 19.4. The van der Waals surface area contributed by atoms with Crippen LogP contribution in [-0.4, -0.2) is 36.0 Å². The molecule has 0 aliphatic carbocycles. The van der Waals surface area contributed by atoms with Crippen LogP contribution in [0.3, 0.4) is 0 Å². The van der Waals surface area contributed by atoms with Crippen LogP contribution in [0.4, 0.5) is 0 Å². The van der Waals surface area contributed by atoms with E-state index in [2.05, 4.69) is 19.9 Å². The predicted molar refractivity (Wildman–Crippen MR) is 113 cm³/mol. The molecule has 0 N–H and O–H groups in total. The van der Waals surface area contributed by atoms with Crippen LogP contribution in [0.15, 0.2) is 64.3 Å². The lowest BCUT2D eigenvalue weighted by atomic mass is 10.1. The van der Waals surface area contributed by atoms with E-state index in [1.807, 2.05) is 35.7 Å². The van der Waals surface area contributed by atoms with Gasteiger partial charge in [0, 0.05) is 30.5 Å². The zero-order valence-electron chi connectivity index (χ0n) is 15.4.